The number of hydrogen-bond acceptors (Lipinski definition) is 4. The summed E-state index contributed by atoms with van der Waals surface area (Å²) in [6, 6.07) is 25.2. The summed E-state index contributed by atoms with van der Waals surface area (Å²) < 4.78 is 180. The quantitative estimate of drug-likeness (QED) is 0.112. The lowest BCUT2D eigenvalue weighted by Gasteiger charge is -2.34. The van der Waals surface area contributed by atoms with Gasteiger partial charge in [0.25, 0.3) is 0 Å². The zero-order valence-corrected chi connectivity index (χ0v) is 37.4. The average molecular weight is 930 g/mol. The fourth-order valence-electron chi connectivity index (χ4n) is 9.92. The van der Waals surface area contributed by atoms with Crippen LogP contribution < -0.4 is 20.7 Å². The molecule has 10 aromatic carbocycles. The van der Waals surface area contributed by atoms with Gasteiger partial charge in [-0.15, -0.1) is 0 Å². The zero-order valence-electron chi connectivity index (χ0n) is 54.4. The van der Waals surface area contributed by atoms with Crippen LogP contribution in [0.1, 0.15) is 24.7 Å². The van der Waals surface area contributed by atoms with Gasteiger partial charge in [0.2, 0.25) is 5.95 Å². The van der Waals surface area contributed by atoms with Crippen LogP contribution in [0, 0.1) is 0 Å². The van der Waals surface area contributed by atoms with Gasteiger partial charge in [0.1, 0.15) is 11.2 Å². The summed E-state index contributed by atoms with van der Waals surface area (Å²) in [5.41, 5.74) is 4.02. The van der Waals surface area contributed by atoms with Gasteiger partial charge < -0.3 is 8.98 Å². The summed E-state index contributed by atoms with van der Waals surface area (Å²) in [6.45, 7) is 0. The molecule has 0 aliphatic heterocycles. The van der Waals surface area contributed by atoms with Gasteiger partial charge in [-0.25, -0.2) is 4.98 Å². The van der Waals surface area contributed by atoms with Crippen LogP contribution >= 0.6 is 0 Å². The van der Waals surface area contributed by atoms with Gasteiger partial charge in [0.05, 0.1) is 52.4 Å². The topological polar surface area (TPSA) is 61.7 Å². The lowest BCUT2D eigenvalue weighted by molar-refractivity contribution is 0.669. The van der Waals surface area contributed by atoms with Crippen LogP contribution in [0.25, 0.3) is 100.0 Å². The highest BCUT2D eigenvalue weighted by Crippen LogP contribution is 2.41. The summed E-state index contributed by atoms with van der Waals surface area (Å²) >= 11 is 0. The molecular weight excluding hydrogens is 871 g/mol. The number of nitrogens with zero attached hydrogens (tertiary/aromatic N) is 5. The van der Waals surface area contributed by atoms with Crippen molar-refractivity contribution in [3.63, 3.8) is 0 Å². The number of benzene rings is 10. The first-order valence-corrected chi connectivity index (χ1v) is 24.2. The SMILES string of the molecule is [2H]c1cc([Si](c2c([2H])c([2H])c([2H])c([2H])c2[2H])(c2c([2H])c([2H])c([2H])c([2H])c2[2H])c2c([2H])c([2H])c([2H])c(-c3nc(-c4cc5oc6ccccc6c5cc4-n4c5ccccc5c5ccccc54)nc(-n4c5ccccc5c5ccccc54)n3)c2[2H])c([2H])c([2H])c1[2H]. The van der Waals surface area contributed by atoms with E-state index in [4.69, 9.17) is 31.7 Å². The van der Waals surface area contributed by atoms with Crippen LogP contribution in [0.15, 0.2) is 253 Å². The van der Waals surface area contributed by atoms with Gasteiger partial charge in [-0.05, 0) is 63.2 Å². The van der Waals surface area contributed by atoms with Crippen molar-refractivity contribution in [1.82, 2.24) is 24.1 Å². The third kappa shape index (κ3) is 6.08. The third-order valence-electron chi connectivity index (χ3n) is 12.9. The predicted octanol–water partition coefficient (Wildman–Crippen LogP) is 12.7. The van der Waals surface area contributed by atoms with Crippen molar-refractivity contribution in [2.24, 2.45) is 0 Å². The minimum atomic E-state index is -6.03. The number of para-hydroxylation sites is 5. The van der Waals surface area contributed by atoms with E-state index in [1.165, 1.54) is 0 Å². The van der Waals surface area contributed by atoms with Crippen LogP contribution in [-0.4, -0.2) is 32.2 Å². The van der Waals surface area contributed by atoms with Gasteiger partial charge >= 0.3 is 0 Å². The lowest BCUT2D eigenvalue weighted by Crippen LogP contribution is -2.74. The highest BCUT2D eigenvalue weighted by molar-refractivity contribution is 7.19. The second-order valence-corrected chi connectivity index (χ2v) is 20.1. The van der Waals surface area contributed by atoms with Crippen molar-refractivity contribution < 1.29 is 29.1 Å². The van der Waals surface area contributed by atoms with Crippen molar-refractivity contribution in [3.8, 4) is 34.4 Å². The Hall–Kier alpha value is -9.17. The molecule has 0 bridgehead atoms. The second-order valence-electron chi connectivity index (χ2n) is 16.6. The number of furan rings is 1. The van der Waals surface area contributed by atoms with E-state index in [-0.39, 0.29) is 11.8 Å². The summed E-state index contributed by atoms with van der Waals surface area (Å²) in [4.78, 5) is 15.6. The monoisotopic (exact) mass is 929 g/mol. The van der Waals surface area contributed by atoms with Gasteiger partial charge in [-0.1, -0.05) is 206 Å². The molecule has 0 fully saturated rings. The van der Waals surface area contributed by atoms with E-state index in [2.05, 4.69) is 4.57 Å². The van der Waals surface area contributed by atoms with Crippen LogP contribution in [0.3, 0.4) is 0 Å². The molecule has 0 saturated carbocycles. The maximum Gasteiger partial charge on any atom is 0.238 e. The molecule has 0 N–H and O–H groups in total. The molecule has 0 unspecified atom stereocenters. The minimum absolute atomic E-state index is 0.0835. The molecule has 0 atom stereocenters. The van der Waals surface area contributed by atoms with E-state index in [0.717, 1.165) is 49.4 Å². The molecule has 328 valence electrons. The van der Waals surface area contributed by atoms with E-state index in [9.17, 15) is 12.3 Å². The number of fused-ring (bicyclic) bond motifs is 9. The molecule has 6 nitrogen and oxygen atoms in total. The molecular formula is C63H41N5OSi. The average Bonchev–Trinajstić information content (AvgIpc) is 0.901. The zero-order chi connectivity index (χ0) is 61.8. The summed E-state index contributed by atoms with van der Waals surface area (Å²) in [5, 5.41) is 1.65. The Morgan fingerprint density at radius 3 is 1.50 bits per heavy atom. The van der Waals surface area contributed by atoms with Crippen LogP contribution in [0.2, 0.25) is 0 Å². The summed E-state index contributed by atoms with van der Waals surface area (Å²) in [7, 11) is -6.03. The Kier molecular flexibility index (Phi) is 5.89. The normalized spacial score (nSPS) is 15.6. The van der Waals surface area contributed by atoms with Crippen molar-refractivity contribution in [1.29, 1.82) is 0 Å². The predicted molar refractivity (Wildman–Crippen MR) is 290 cm³/mol. The second kappa shape index (κ2) is 16.0. The van der Waals surface area contributed by atoms with Crippen molar-refractivity contribution in [3.05, 3.63) is 248 Å². The van der Waals surface area contributed by atoms with Crippen molar-refractivity contribution in [2.75, 3.05) is 0 Å². The van der Waals surface area contributed by atoms with Crippen molar-refractivity contribution in [2.45, 2.75) is 0 Å². The summed E-state index contributed by atoms with van der Waals surface area (Å²) in [6.07, 6.45) is 0. The molecule has 4 aromatic heterocycles. The maximum absolute atomic E-state index is 10.7. The number of hydrogen-bond donors (Lipinski definition) is 0. The molecule has 0 saturated heterocycles. The fraction of sp³-hybridized carbons (Fsp3) is 0. The first-order chi connectivity index (χ1) is 42.2. The van der Waals surface area contributed by atoms with Crippen molar-refractivity contribution >= 4 is 94.4 Å². The van der Waals surface area contributed by atoms with E-state index in [0.29, 0.717) is 33.5 Å². The molecule has 14 rings (SSSR count). The van der Waals surface area contributed by atoms with Gasteiger partial charge in [-0.2, -0.15) is 9.97 Å². The highest BCUT2D eigenvalue weighted by atomic mass is 28.3. The molecule has 0 aliphatic carbocycles. The first kappa shape index (κ1) is 25.8. The van der Waals surface area contributed by atoms with E-state index < -0.39 is 149 Å². The maximum atomic E-state index is 10.7. The Labute approximate surface area is 429 Å². The van der Waals surface area contributed by atoms with E-state index in [1.807, 2.05) is 127 Å². The van der Waals surface area contributed by atoms with Crippen LogP contribution in [0.4, 0.5) is 0 Å². The first-order valence-electron chi connectivity index (χ1n) is 31.2. The van der Waals surface area contributed by atoms with E-state index in [1.54, 1.807) is 10.6 Å². The molecule has 0 spiro atoms. The van der Waals surface area contributed by atoms with E-state index >= 15 is 0 Å². The fourth-order valence-corrected chi connectivity index (χ4v) is 13.6. The minimum Gasteiger partial charge on any atom is -0.456 e. The Balaban J connectivity index is 1.20. The molecule has 4 heterocycles. The Bertz CT molecular complexity index is 5200. The molecule has 0 amide bonds. The number of aromatic nitrogens is 5. The van der Waals surface area contributed by atoms with Gasteiger partial charge in [-0.3, -0.25) is 4.57 Å². The third-order valence-corrected chi connectivity index (χ3v) is 17.0. The highest BCUT2D eigenvalue weighted by Gasteiger charge is 2.41. The smallest absolute Gasteiger partial charge is 0.238 e. The summed E-state index contributed by atoms with van der Waals surface area (Å²) in [5.74, 6) is -0.668. The number of rotatable bonds is 8. The Morgan fingerprint density at radius 1 is 0.386 bits per heavy atom. The molecule has 14 aromatic rings. The molecule has 7 heteroatoms. The molecule has 0 radical (unpaired) electrons. The van der Waals surface area contributed by atoms with Crippen LogP contribution in [0.5, 0.6) is 0 Å². The Morgan fingerprint density at radius 2 is 0.886 bits per heavy atom. The standard InChI is InChI=1S/C63H41N5OSi/c1-4-22-43(23-5-1)70(44-24-6-2-7-25-44,45-26-8-3-9-27-45)46-28-20-21-42(39-46)61-64-62(66-63(65-61)68-56-36-17-12-31-49(56)50-32-13-18-37-57(50)68)53-41-60-52(51-33-14-19-38-59(51)69-60)40-58(53)67-54-34-15-10-29-47(54)48-30-11-16-35-55(48)67/h1-41H/i1D,2D,3D,4D,5D,6D,7D,8D,9D,20D,21D,22D,23D,24D,25D,26D,28D,39D. The van der Waals surface area contributed by atoms with Crippen LogP contribution in [-0.2, 0) is 0 Å². The lowest BCUT2D eigenvalue weighted by atomic mass is 10.1. The van der Waals surface area contributed by atoms with Gasteiger partial charge in [0.15, 0.2) is 19.7 Å². The largest absolute Gasteiger partial charge is 0.456 e. The molecule has 0 aliphatic rings. The molecule has 70 heavy (non-hydrogen) atoms. The van der Waals surface area contributed by atoms with Gasteiger partial charge in [0, 0.05) is 43.4 Å².